The summed E-state index contributed by atoms with van der Waals surface area (Å²) in [5.74, 6) is 0.580. The SMILES string of the molecule is CC(C)(C)OC(=O)N(CCNC(=O)Cc1ccc(OCc2ccc3ccccc3n2)cc1)c1ccccc1. The van der Waals surface area contributed by atoms with Crippen LogP contribution in [0.2, 0.25) is 0 Å². The maximum Gasteiger partial charge on any atom is 0.414 e. The Kier molecular flexibility index (Phi) is 8.58. The first kappa shape index (κ1) is 26.7. The number of pyridine rings is 1. The highest BCUT2D eigenvalue weighted by atomic mass is 16.6. The molecule has 0 radical (unpaired) electrons. The molecule has 0 bridgehead atoms. The van der Waals surface area contributed by atoms with E-state index in [0.29, 0.717) is 31.1 Å². The van der Waals surface area contributed by atoms with Gasteiger partial charge in [-0.25, -0.2) is 9.78 Å². The van der Waals surface area contributed by atoms with E-state index >= 15 is 0 Å². The number of para-hydroxylation sites is 2. The molecule has 7 heteroatoms. The molecule has 2 amide bonds. The van der Waals surface area contributed by atoms with Crippen molar-refractivity contribution in [1.29, 1.82) is 0 Å². The number of nitrogens with one attached hydrogen (secondary N) is 1. The summed E-state index contributed by atoms with van der Waals surface area (Å²) in [5.41, 5.74) is 2.75. The number of hydrogen-bond donors (Lipinski definition) is 1. The van der Waals surface area contributed by atoms with Crippen LogP contribution in [-0.2, 0) is 22.6 Å². The number of rotatable bonds is 9. The van der Waals surface area contributed by atoms with E-state index < -0.39 is 11.7 Å². The molecule has 7 nitrogen and oxygen atoms in total. The Morgan fingerprint density at radius 2 is 1.58 bits per heavy atom. The highest BCUT2D eigenvalue weighted by Gasteiger charge is 2.23. The normalized spacial score (nSPS) is 11.1. The zero-order valence-electron chi connectivity index (χ0n) is 22.0. The van der Waals surface area contributed by atoms with Gasteiger partial charge in [0.15, 0.2) is 0 Å². The minimum absolute atomic E-state index is 0.128. The largest absolute Gasteiger partial charge is 0.487 e. The lowest BCUT2D eigenvalue weighted by molar-refractivity contribution is -0.120. The van der Waals surface area contributed by atoms with Crippen LogP contribution in [-0.4, -0.2) is 35.7 Å². The Labute approximate surface area is 223 Å². The highest BCUT2D eigenvalue weighted by molar-refractivity contribution is 5.88. The molecular formula is C31H33N3O4. The van der Waals surface area contributed by atoms with Crippen molar-refractivity contribution in [2.75, 3.05) is 18.0 Å². The van der Waals surface area contributed by atoms with Crippen LogP contribution in [0.5, 0.6) is 5.75 Å². The minimum Gasteiger partial charge on any atom is -0.487 e. The van der Waals surface area contributed by atoms with E-state index in [9.17, 15) is 9.59 Å². The summed E-state index contributed by atoms with van der Waals surface area (Å²) in [7, 11) is 0. The van der Waals surface area contributed by atoms with Gasteiger partial charge in [-0.2, -0.15) is 0 Å². The van der Waals surface area contributed by atoms with Crippen LogP contribution in [0.1, 0.15) is 32.0 Å². The molecular weight excluding hydrogens is 478 g/mol. The molecule has 1 heterocycles. The van der Waals surface area contributed by atoms with Gasteiger partial charge in [0.25, 0.3) is 0 Å². The topological polar surface area (TPSA) is 80.8 Å². The molecule has 0 saturated heterocycles. The van der Waals surface area contributed by atoms with Gasteiger partial charge >= 0.3 is 6.09 Å². The average molecular weight is 512 g/mol. The first-order valence-corrected chi connectivity index (χ1v) is 12.7. The monoisotopic (exact) mass is 511 g/mol. The fourth-order valence-corrected chi connectivity index (χ4v) is 3.86. The van der Waals surface area contributed by atoms with E-state index in [-0.39, 0.29) is 12.3 Å². The molecule has 1 aromatic heterocycles. The lowest BCUT2D eigenvalue weighted by atomic mass is 10.1. The molecule has 0 aliphatic carbocycles. The molecule has 0 spiro atoms. The number of amides is 2. The van der Waals surface area contributed by atoms with Crippen molar-refractivity contribution in [2.24, 2.45) is 0 Å². The minimum atomic E-state index is -0.616. The fraction of sp³-hybridized carbons (Fsp3) is 0.258. The molecule has 0 saturated carbocycles. The van der Waals surface area contributed by atoms with Crippen molar-refractivity contribution in [3.63, 3.8) is 0 Å². The molecule has 38 heavy (non-hydrogen) atoms. The van der Waals surface area contributed by atoms with Crippen LogP contribution in [0, 0.1) is 0 Å². The van der Waals surface area contributed by atoms with Crippen molar-refractivity contribution in [3.8, 4) is 5.75 Å². The lowest BCUT2D eigenvalue weighted by Gasteiger charge is -2.27. The summed E-state index contributed by atoms with van der Waals surface area (Å²) in [5, 5.41) is 3.99. The van der Waals surface area contributed by atoms with Crippen LogP contribution in [0.15, 0.2) is 91.0 Å². The molecule has 0 atom stereocenters. The van der Waals surface area contributed by atoms with Crippen LogP contribution < -0.4 is 15.0 Å². The maximum absolute atomic E-state index is 12.7. The quantitative estimate of drug-likeness (QED) is 0.302. The van der Waals surface area contributed by atoms with E-state index in [1.807, 2.05) is 112 Å². The Bertz CT molecular complexity index is 1370. The summed E-state index contributed by atoms with van der Waals surface area (Å²) < 4.78 is 11.4. The second-order valence-corrected chi connectivity index (χ2v) is 9.92. The summed E-state index contributed by atoms with van der Waals surface area (Å²) in [6.07, 6.45) is -0.225. The Morgan fingerprint density at radius 3 is 2.32 bits per heavy atom. The molecule has 0 aliphatic rings. The van der Waals surface area contributed by atoms with Gasteiger partial charge in [-0.05, 0) is 62.7 Å². The van der Waals surface area contributed by atoms with Crippen LogP contribution in [0.4, 0.5) is 10.5 Å². The van der Waals surface area contributed by atoms with Crippen molar-refractivity contribution in [2.45, 2.75) is 39.4 Å². The van der Waals surface area contributed by atoms with E-state index in [2.05, 4.69) is 10.3 Å². The lowest BCUT2D eigenvalue weighted by Crippen LogP contribution is -2.41. The maximum atomic E-state index is 12.7. The van der Waals surface area contributed by atoms with Crippen molar-refractivity contribution in [3.05, 3.63) is 102 Å². The van der Waals surface area contributed by atoms with Gasteiger partial charge in [0, 0.05) is 24.2 Å². The smallest absolute Gasteiger partial charge is 0.414 e. The van der Waals surface area contributed by atoms with Gasteiger partial charge in [0.05, 0.1) is 17.6 Å². The Balaban J connectivity index is 1.26. The Morgan fingerprint density at radius 1 is 0.868 bits per heavy atom. The number of benzene rings is 3. The predicted molar refractivity (Wildman–Crippen MR) is 149 cm³/mol. The van der Waals surface area contributed by atoms with Crippen LogP contribution in [0.25, 0.3) is 10.9 Å². The molecule has 4 aromatic rings. The van der Waals surface area contributed by atoms with E-state index in [0.717, 1.165) is 22.2 Å². The standard InChI is InChI=1S/C31H33N3O4/c1-31(2,3)38-30(36)34(26-10-5-4-6-11-26)20-19-32-29(35)21-23-13-17-27(18-14-23)37-22-25-16-15-24-9-7-8-12-28(24)33-25/h4-18H,19-22H2,1-3H3,(H,32,35). The van der Waals surface area contributed by atoms with Gasteiger partial charge in [0.2, 0.25) is 5.91 Å². The average Bonchev–Trinajstić information content (AvgIpc) is 2.90. The molecule has 0 fully saturated rings. The molecule has 0 unspecified atom stereocenters. The summed E-state index contributed by atoms with van der Waals surface area (Å²) >= 11 is 0. The molecule has 4 rings (SSSR count). The third kappa shape index (κ3) is 7.80. The van der Waals surface area contributed by atoms with Crippen LogP contribution in [0.3, 0.4) is 0 Å². The molecule has 1 N–H and O–H groups in total. The van der Waals surface area contributed by atoms with Crippen molar-refractivity contribution < 1.29 is 19.1 Å². The molecule has 196 valence electrons. The van der Waals surface area contributed by atoms with Gasteiger partial charge in [-0.1, -0.05) is 54.6 Å². The molecule has 3 aromatic carbocycles. The number of aromatic nitrogens is 1. The zero-order chi connectivity index (χ0) is 27.0. The Hall–Kier alpha value is -4.39. The van der Waals surface area contributed by atoms with Gasteiger partial charge < -0.3 is 14.8 Å². The number of nitrogens with zero attached hydrogens (tertiary/aromatic N) is 2. The first-order valence-electron chi connectivity index (χ1n) is 12.7. The first-order chi connectivity index (χ1) is 18.3. The number of carbonyl (C=O) groups is 2. The summed E-state index contributed by atoms with van der Waals surface area (Å²) in [6.45, 7) is 6.43. The van der Waals surface area contributed by atoms with Gasteiger partial charge in [-0.3, -0.25) is 9.69 Å². The number of hydrogen-bond acceptors (Lipinski definition) is 5. The zero-order valence-corrected chi connectivity index (χ0v) is 22.0. The van der Waals surface area contributed by atoms with Crippen molar-refractivity contribution >= 4 is 28.6 Å². The number of anilines is 1. The summed E-state index contributed by atoms with van der Waals surface area (Å²) in [6, 6.07) is 28.7. The van der Waals surface area contributed by atoms with Gasteiger partial charge in [-0.15, -0.1) is 0 Å². The van der Waals surface area contributed by atoms with E-state index in [4.69, 9.17) is 9.47 Å². The van der Waals surface area contributed by atoms with Gasteiger partial charge in [0.1, 0.15) is 18.0 Å². The highest BCUT2D eigenvalue weighted by Crippen LogP contribution is 2.18. The van der Waals surface area contributed by atoms with E-state index in [1.54, 1.807) is 0 Å². The number of fused-ring (bicyclic) bond motifs is 1. The fourth-order valence-electron chi connectivity index (χ4n) is 3.86. The third-order valence-corrected chi connectivity index (χ3v) is 5.67. The number of ether oxygens (including phenoxy) is 2. The number of carbonyl (C=O) groups excluding carboxylic acids is 2. The second kappa shape index (κ2) is 12.2. The van der Waals surface area contributed by atoms with Crippen LogP contribution >= 0.6 is 0 Å². The second-order valence-electron chi connectivity index (χ2n) is 9.92. The molecule has 0 aliphatic heterocycles. The predicted octanol–water partition coefficient (Wildman–Crippen LogP) is 5.91. The third-order valence-electron chi connectivity index (χ3n) is 5.67. The van der Waals surface area contributed by atoms with E-state index in [1.165, 1.54) is 4.90 Å². The summed E-state index contributed by atoms with van der Waals surface area (Å²) in [4.78, 5) is 31.4. The van der Waals surface area contributed by atoms with Crippen molar-refractivity contribution in [1.82, 2.24) is 10.3 Å².